The van der Waals surface area contributed by atoms with Crippen LogP contribution in [0.15, 0.2) is 121 Å². The Morgan fingerprint density at radius 3 is 1.93 bits per heavy atom. The Labute approximate surface area is 248 Å². The number of hydrogen-bond donors (Lipinski definition) is 0. The molecule has 0 saturated heterocycles. The lowest BCUT2D eigenvalue weighted by molar-refractivity contribution is 0.590. The van der Waals surface area contributed by atoms with Crippen molar-refractivity contribution >= 4 is 47.9 Å². The van der Waals surface area contributed by atoms with Crippen molar-refractivity contribution in [2.75, 3.05) is 0 Å². The largest absolute Gasteiger partial charge is 0.281 e. The van der Waals surface area contributed by atoms with Gasteiger partial charge < -0.3 is 0 Å². The van der Waals surface area contributed by atoms with Crippen LogP contribution in [-0.2, 0) is 5.41 Å². The summed E-state index contributed by atoms with van der Waals surface area (Å²) in [6.45, 7) is 6.75. The first kappa shape index (κ1) is 25.0. The molecule has 0 aliphatic carbocycles. The van der Waals surface area contributed by atoms with E-state index in [2.05, 4.69) is 152 Å². The molecule has 3 aromatic heterocycles. The first-order chi connectivity index (χ1) is 20.5. The summed E-state index contributed by atoms with van der Waals surface area (Å²) >= 11 is 1.86. The predicted octanol–water partition coefficient (Wildman–Crippen LogP) is 10.5. The van der Waals surface area contributed by atoms with Crippen molar-refractivity contribution in [2.24, 2.45) is 0 Å². The fourth-order valence-electron chi connectivity index (χ4n) is 6.06. The maximum absolute atomic E-state index is 4.69. The zero-order valence-corrected chi connectivity index (χ0v) is 24.6. The van der Waals surface area contributed by atoms with E-state index in [0.717, 1.165) is 22.4 Å². The molecule has 0 spiro atoms. The third-order valence-corrected chi connectivity index (χ3v) is 9.55. The van der Waals surface area contributed by atoms with E-state index in [1.165, 1.54) is 53.4 Å². The van der Waals surface area contributed by atoms with Gasteiger partial charge in [0.05, 0.1) is 0 Å². The van der Waals surface area contributed by atoms with Gasteiger partial charge in [0.2, 0.25) is 0 Å². The first-order valence-electron chi connectivity index (χ1n) is 14.3. The monoisotopic (exact) mass is 559 g/mol. The van der Waals surface area contributed by atoms with Gasteiger partial charge in [0.25, 0.3) is 0 Å². The lowest BCUT2D eigenvalue weighted by Crippen LogP contribution is -2.10. The maximum Gasteiger partial charge on any atom is 0.169 e. The van der Waals surface area contributed by atoms with Gasteiger partial charge in [-0.3, -0.25) is 4.40 Å². The molecular formula is C38H29N3S. The van der Waals surface area contributed by atoms with Crippen LogP contribution in [0.3, 0.4) is 0 Å². The number of rotatable bonds is 3. The lowest BCUT2D eigenvalue weighted by atomic mass is 9.86. The summed E-state index contributed by atoms with van der Waals surface area (Å²) in [6, 6.07) is 41.5. The second-order valence-electron chi connectivity index (χ2n) is 12.0. The number of thiophene rings is 1. The lowest BCUT2D eigenvalue weighted by Gasteiger charge is -2.19. The van der Waals surface area contributed by atoms with Crippen molar-refractivity contribution in [3.05, 3.63) is 127 Å². The van der Waals surface area contributed by atoms with Crippen LogP contribution in [-0.4, -0.2) is 14.6 Å². The van der Waals surface area contributed by atoms with E-state index in [4.69, 9.17) is 5.10 Å². The molecule has 0 saturated carbocycles. The van der Waals surface area contributed by atoms with E-state index in [9.17, 15) is 0 Å². The molecule has 8 rings (SSSR count). The highest BCUT2D eigenvalue weighted by molar-refractivity contribution is 7.26. The number of nitrogens with zero attached hydrogens (tertiary/aromatic N) is 3. The third-order valence-electron chi connectivity index (χ3n) is 8.33. The van der Waals surface area contributed by atoms with Crippen molar-refractivity contribution in [3.63, 3.8) is 0 Å². The Morgan fingerprint density at radius 2 is 1.17 bits per heavy atom. The highest BCUT2D eigenvalue weighted by Gasteiger charge is 2.17. The van der Waals surface area contributed by atoms with Gasteiger partial charge in [-0.05, 0) is 39.1 Å². The third kappa shape index (κ3) is 3.94. The summed E-state index contributed by atoms with van der Waals surface area (Å²) in [6.07, 6.45) is 2.20. The summed E-state index contributed by atoms with van der Waals surface area (Å²) in [5.41, 5.74) is 8.18. The van der Waals surface area contributed by atoms with Gasteiger partial charge >= 0.3 is 0 Å². The van der Waals surface area contributed by atoms with Gasteiger partial charge in [0, 0.05) is 42.9 Å². The number of benzene rings is 5. The molecule has 5 aromatic carbocycles. The average Bonchev–Trinajstić information content (AvgIpc) is 3.62. The molecule has 0 bridgehead atoms. The van der Waals surface area contributed by atoms with Crippen molar-refractivity contribution in [3.8, 4) is 33.6 Å². The molecule has 8 aromatic rings. The molecule has 0 aliphatic heterocycles. The smallest absolute Gasteiger partial charge is 0.169 e. The van der Waals surface area contributed by atoms with E-state index in [1.54, 1.807) is 0 Å². The van der Waals surface area contributed by atoms with E-state index in [0.29, 0.717) is 0 Å². The van der Waals surface area contributed by atoms with Crippen molar-refractivity contribution < 1.29 is 0 Å². The van der Waals surface area contributed by atoms with Gasteiger partial charge in [-0.15, -0.1) is 21.5 Å². The molecule has 42 heavy (non-hydrogen) atoms. The summed E-state index contributed by atoms with van der Waals surface area (Å²) in [5, 5.41) is 14.3. The highest BCUT2D eigenvalue weighted by atomic mass is 32.1. The van der Waals surface area contributed by atoms with Gasteiger partial charge in [-0.1, -0.05) is 130 Å². The standard InChI is InChI=1S/C38H29N3S/c1-38(2,3)27-21-19-25(20-22-27)33-23-41-36(39-40-37(41)32-11-5-4-9-29(32)33)26-17-15-24(16-18-26)28-12-8-13-31-30-10-6-7-14-34(30)42-35(28)31/h4-23H,1-3H3. The van der Waals surface area contributed by atoms with Crippen LogP contribution in [0.2, 0.25) is 0 Å². The Morgan fingerprint density at radius 1 is 0.548 bits per heavy atom. The fraction of sp³-hybridized carbons (Fsp3) is 0.105. The molecule has 0 atom stereocenters. The molecule has 3 heterocycles. The molecule has 4 heteroatoms. The van der Waals surface area contributed by atoms with Gasteiger partial charge in [-0.2, -0.15) is 0 Å². The van der Waals surface area contributed by atoms with Crippen molar-refractivity contribution in [1.29, 1.82) is 0 Å². The quantitative estimate of drug-likeness (QED) is 0.215. The molecular weight excluding hydrogens is 531 g/mol. The summed E-state index contributed by atoms with van der Waals surface area (Å²) in [7, 11) is 0. The van der Waals surface area contributed by atoms with Crippen LogP contribution >= 0.6 is 11.3 Å². The zero-order chi connectivity index (χ0) is 28.4. The number of aromatic nitrogens is 3. The Hall–Kier alpha value is -4.80. The predicted molar refractivity (Wildman–Crippen MR) is 178 cm³/mol. The molecule has 202 valence electrons. The molecule has 3 nitrogen and oxygen atoms in total. The van der Waals surface area contributed by atoms with Gasteiger partial charge in [0.15, 0.2) is 11.5 Å². The number of fused-ring (bicyclic) bond motifs is 6. The molecule has 0 N–H and O–H groups in total. The maximum atomic E-state index is 4.69. The Kier molecular flexibility index (Phi) is 5.56. The topological polar surface area (TPSA) is 30.2 Å². The Bertz CT molecular complexity index is 2260. The molecule has 0 unspecified atom stereocenters. The van der Waals surface area contributed by atoms with Crippen molar-refractivity contribution in [1.82, 2.24) is 14.6 Å². The number of pyridine rings is 1. The van der Waals surface area contributed by atoms with Crippen LogP contribution in [0, 0.1) is 0 Å². The second-order valence-corrected chi connectivity index (χ2v) is 13.0. The minimum atomic E-state index is 0.112. The van der Waals surface area contributed by atoms with Gasteiger partial charge in [0.1, 0.15) is 0 Å². The molecule has 0 radical (unpaired) electrons. The summed E-state index contributed by atoms with van der Waals surface area (Å²) in [5.74, 6) is 0.843. The van der Waals surface area contributed by atoms with Crippen LogP contribution in [0.25, 0.3) is 70.2 Å². The zero-order valence-electron chi connectivity index (χ0n) is 23.8. The molecule has 0 amide bonds. The SMILES string of the molecule is CC(C)(C)c1ccc(-c2cn3c(-c4ccc(-c5cccc6c5sc5ccccc56)cc4)nnc3c3ccccc23)cc1. The van der Waals surface area contributed by atoms with Crippen LogP contribution in [0.1, 0.15) is 26.3 Å². The number of hydrogen-bond acceptors (Lipinski definition) is 3. The van der Waals surface area contributed by atoms with Crippen LogP contribution in [0.5, 0.6) is 0 Å². The van der Waals surface area contributed by atoms with Gasteiger partial charge in [-0.25, -0.2) is 0 Å². The van der Waals surface area contributed by atoms with E-state index in [1.807, 2.05) is 11.3 Å². The minimum Gasteiger partial charge on any atom is -0.281 e. The highest BCUT2D eigenvalue weighted by Crippen LogP contribution is 2.40. The van der Waals surface area contributed by atoms with E-state index < -0.39 is 0 Å². The molecule has 0 aliphatic rings. The normalized spacial score (nSPS) is 12.2. The second kappa shape index (κ2) is 9.37. The van der Waals surface area contributed by atoms with Crippen LogP contribution < -0.4 is 0 Å². The summed E-state index contributed by atoms with van der Waals surface area (Å²) in [4.78, 5) is 0. The fourth-order valence-corrected chi connectivity index (χ4v) is 7.30. The molecule has 0 fully saturated rings. The average molecular weight is 560 g/mol. The van der Waals surface area contributed by atoms with E-state index in [-0.39, 0.29) is 5.41 Å². The van der Waals surface area contributed by atoms with Crippen molar-refractivity contribution in [2.45, 2.75) is 26.2 Å². The van der Waals surface area contributed by atoms with Crippen LogP contribution in [0.4, 0.5) is 0 Å². The minimum absolute atomic E-state index is 0.112. The van der Waals surface area contributed by atoms with E-state index >= 15 is 0 Å². The Balaban J connectivity index is 1.25. The summed E-state index contributed by atoms with van der Waals surface area (Å²) < 4.78 is 4.80. The first-order valence-corrected chi connectivity index (χ1v) is 15.2.